The van der Waals surface area contributed by atoms with Crippen molar-refractivity contribution in [1.29, 1.82) is 0 Å². The quantitative estimate of drug-likeness (QED) is 0.843. The number of carbonyl (C=O) groups is 1. The number of halogens is 2. The third kappa shape index (κ3) is 2.51. The minimum atomic E-state index is -1.83. The second kappa shape index (κ2) is 5.44. The highest BCUT2D eigenvalue weighted by Crippen LogP contribution is 2.34. The fraction of sp³-hybridized carbons (Fsp3) is 0.462. The van der Waals surface area contributed by atoms with E-state index in [2.05, 4.69) is 4.74 Å². The molecule has 0 heterocycles. The van der Waals surface area contributed by atoms with Gasteiger partial charge in [-0.3, -0.25) is 4.79 Å². The van der Waals surface area contributed by atoms with Crippen LogP contribution in [0.1, 0.15) is 25.8 Å². The number of hydrogen-bond acceptors (Lipinski definition) is 3. The maximum atomic E-state index is 13.7. The maximum Gasteiger partial charge on any atom is 0.311 e. The van der Waals surface area contributed by atoms with E-state index in [0.29, 0.717) is 0 Å². The van der Waals surface area contributed by atoms with Crippen molar-refractivity contribution in [2.45, 2.75) is 25.9 Å². The summed E-state index contributed by atoms with van der Waals surface area (Å²) in [6.07, 6.45) is 0.246. The van der Waals surface area contributed by atoms with Crippen molar-refractivity contribution in [2.75, 3.05) is 7.11 Å². The van der Waals surface area contributed by atoms with Gasteiger partial charge < -0.3 is 9.84 Å². The summed E-state index contributed by atoms with van der Waals surface area (Å²) < 4.78 is 31.4. The minimum Gasteiger partial charge on any atom is -0.469 e. The Hall–Kier alpha value is -1.49. The van der Waals surface area contributed by atoms with Crippen molar-refractivity contribution in [3.8, 4) is 0 Å². The van der Waals surface area contributed by atoms with Gasteiger partial charge in [0.15, 0.2) is 11.6 Å². The zero-order chi connectivity index (χ0) is 13.9. The lowest BCUT2D eigenvalue weighted by atomic mass is 9.81. The topological polar surface area (TPSA) is 46.5 Å². The minimum absolute atomic E-state index is 0.246. The Labute approximate surface area is 104 Å². The standard InChI is InChI=1S/C13H16F2O3/c1-4-8(12(16)18-3)13(2,17)9-6-5-7-10(14)11(9)15/h5-8,17H,4H2,1-3H3. The van der Waals surface area contributed by atoms with E-state index in [1.165, 1.54) is 26.2 Å². The molecule has 1 rings (SSSR count). The van der Waals surface area contributed by atoms with Crippen LogP contribution in [0.2, 0.25) is 0 Å². The van der Waals surface area contributed by atoms with E-state index < -0.39 is 29.1 Å². The number of benzene rings is 1. The first-order chi connectivity index (χ1) is 8.36. The Balaban J connectivity index is 3.26. The molecule has 1 N–H and O–H groups in total. The van der Waals surface area contributed by atoms with Crippen molar-refractivity contribution in [1.82, 2.24) is 0 Å². The SMILES string of the molecule is CCC(C(=O)OC)C(C)(O)c1cccc(F)c1F. The van der Waals surface area contributed by atoms with E-state index in [1.54, 1.807) is 6.92 Å². The maximum absolute atomic E-state index is 13.7. The number of ether oxygens (including phenoxy) is 1. The molecule has 0 aliphatic rings. The first-order valence-corrected chi connectivity index (χ1v) is 5.60. The van der Waals surface area contributed by atoms with Crippen molar-refractivity contribution in [2.24, 2.45) is 5.92 Å². The van der Waals surface area contributed by atoms with Gasteiger partial charge in [-0.15, -0.1) is 0 Å². The van der Waals surface area contributed by atoms with Crippen molar-refractivity contribution < 1.29 is 23.4 Å². The highest BCUT2D eigenvalue weighted by atomic mass is 19.2. The van der Waals surface area contributed by atoms with Crippen LogP contribution in [-0.4, -0.2) is 18.2 Å². The Morgan fingerprint density at radius 1 is 1.50 bits per heavy atom. The van der Waals surface area contributed by atoms with Gasteiger partial charge in [-0.2, -0.15) is 0 Å². The monoisotopic (exact) mass is 258 g/mol. The fourth-order valence-corrected chi connectivity index (χ4v) is 2.02. The molecule has 0 amide bonds. The fourth-order valence-electron chi connectivity index (χ4n) is 2.02. The average Bonchev–Trinajstić information content (AvgIpc) is 2.32. The van der Waals surface area contributed by atoms with Gasteiger partial charge in [-0.05, 0) is 19.4 Å². The molecule has 0 aliphatic heterocycles. The van der Waals surface area contributed by atoms with E-state index in [9.17, 15) is 18.7 Å². The first-order valence-electron chi connectivity index (χ1n) is 5.60. The third-order valence-corrected chi connectivity index (χ3v) is 3.07. The summed E-state index contributed by atoms with van der Waals surface area (Å²) in [7, 11) is 1.18. The molecule has 0 aromatic heterocycles. The van der Waals surface area contributed by atoms with Gasteiger partial charge in [-0.1, -0.05) is 19.1 Å². The van der Waals surface area contributed by atoms with Crippen molar-refractivity contribution in [3.63, 3.8) is 0 Å². The molecule has 0 saturated carbocycles. The van der Waals surface area contributed by atoms with Gasteiger partial charge >= 0.3 is 5.97 Å². The molecule has 0 spiro atoms. The van der Waals surface area contributed by atoms with Gasteiger partial charge in [0.05, 0.1) is 13.0 Å². The van der Waals surface area contributed by atoms with Crippen LogP contribution in [0.5, 0.6) is 0 Å². The molecule has 100 valence electrons. The van der Waals surface area contributed by atoms with Crippen LogP contribution >= 0.6 is 0 Å². The number of methoxy groups -OCH3 is 1. The highest BCUT2D eigenvalue weighted by Gasteiger charge is 2.40. The molecule has 0 bridgehead atoms. The molecule has 1 aromatic carbocycles. The number of rotatable bonds is 4. The van der Waals surface area contributed by atoms with E-state index in [4.69, 9.17) is 0 Å². The summed E-state index contributed by atoms with van der Waals surface area (Å²) in [6.45, 7) is 2.93. The van der Waals surface area contributed by atoms with Crippen LogP contribution in [0.15, 0.2) is 18.2 Å². The Morgan fingerprint density at radius 2 is 2.11 bits per heavy atom. The lowest BCUT2D eigenvalue weighted by molar-refractivity contribution is -0.156. The molecule has 2 unspecified atom stereocenters. The van der Waals surface area contributed by atoms with Crippen LogP contribution in [-0.2, 0) is 15.1 Å². The Morgan fingerprint density at radius 3 is 2.61 bits per heavy atom. The molecule has 18 heavy (non-hydrogen) atoms. The zero-order valence-corrected chi connectivity index (χ0v) is 10.5. The second-order valence-electron chi connectivity index (χ2n) is 4.23. The van der Waals surface area contributed by atoms with Crippen LogP contribution in [0.25, 0.3) is 0 Å². The lowest BCUT2D eigenvalue weighted by Crippen LogP contribution is -2.38. The molecule has 3 nitrogen and oxygen atoms in total. The van der Waals surface area contributed by atoms with E-state index >= 15 is 0 Å². The molecule has 2 atom stereocenters. The second-order valence-corrected chi connectivity index (χ2v) is 4.23. The van der Waals surface area contributed by atoms with Crippen LogP contribution in [0, 0.1) is 17.6 Å². The zero-order valence-electron chi connectivity index (χ0n) is 10.5. The van der Waals surface area contributed by atoms with Crippen LogP contribution in [0.4, 0.5) is 8.78 Å². The number of aliphatic hydroxyl groups is 1. The van der Waals surface area contributed by atoms with E-state index in [-0.39, 0.29) is 12.0 Å². The number of carbonyl (C=O) groups excluding carboxylic acids is 1. The summed E-state index contributed by atoms with van der Waals surface area (Å²) in [5.41, 5.74) is -2.08. The molecule has 0 saturated heterocycles. The summed E-state index contributed by atoms with van der Waals surface area (Å²) in [5.74, 6) is -3.83. The van der Waals surface area contributed by atoms with Crippen molar-refractivity contribution in [3.05, 3.63) is 35.4 Å². The Bertz CT molecular complexity index is 444. The molecular weight excluding hydrogens is 242 g/mol. The van der Waals surface area contributed by atoms with Crippen molar-refractivity contribution >= 4 is 5.97 Å². The molecule has 0 fully saturated rings. The average molecular weight is 258 g/mol. The first kappa shape index (κ1) is 14.6. The predicted molar refractivity (Wildman–Crippen MR) is 61.7 cm³/mol. The van der Waals surface area contributed by atoms with E-state index in [1.807, 2.05) is 0 Å². The summed E-state index contributed by atoms with van der Waals surface area (Å²) in [4.78, 5) is 11.6. The van der Waals surface area contributed by atoms with E-state index in [0.717, 1.165) is 6.07 Å². The summed E-state index contributed by atoms with van der Waals surface area (Å²) in [6, 6.07) is 3.49. The number of hydrogen-bond donors (Lipinski definition) is 1. The Kier molecular flexibility index (Phi) is 4.40. The number of esters is 1. The lowest BCUT2D eigenvalue weighted by Gasteiger charge is -2.31. The van der Waals surface area contributed by atoms with Gasteiger partial charge in [0.2, 0.25) is 0 Å². The van der Waals surface area contributed by atoms with Crippen LogP contribution < -0.4 is 0 Å². The van der Waals surface area contributed by atoms with Gasteiger partial charge in [0.25, 0.3) is 0 Å². The predicted octanol–water partition coefficient (Wildman–Crippen LogP) is 2.37. The normalized spacial score (nSPS) is 15.9. The van der Waals surface area contributed by atoms with Gasteiger partial charge in [0, 0.05) is 5.56 Å². The molecule has 0 radical (unpaired) electrons. The molecule has 0 aliphatic carbocycles. The molecular formula is C13H16F2O3. The summed E-state index contributed by atoms with van der Waals surface area (Å²) in [5, 5.41) is 10.3. The molecule has 1 aromatic rings. The highest BCUT2D eigenvalue weighted by molar-refractivity contribution is 5.74. The van der Waals surface area contributed by atoms with Gasteiger partial charge in [-0.25, -0.2) is 8.78 Å². The third-order valence-electron chi connectivity index (χ3n) is 3.07. The van der Waals surface area contributed by atoms with Crippen LogP contribution in [0.3, 0.4) is 0 Å². The van der Waals surface area contributed by atoms with Gasteiger partial charge in [0.1, 0.15) is 5.60 Å². The smallest absolute Gasteiger partial charge is 0.311 e. The molecule has 5 heteroatoms. The largest absolute Gasteiger partial charge is 0.469 e. The summed E-state index contributed by atoms with van der Waals surface area (Å²) >= 11 is 0.